The quantitative estimate of drug-likeness (QED) is 0.526. The van der Waals surface area contributed by atoms with Crippen LogP contribution in [0.2, 0.25) is 0 Å². The molecule has 144 valence electrons. The Kier molecular flexibility index (Phi) is 6.03. The van der Waals surface area contributed by atoms with Crippen LogP contribution in [0, 0.1) is 10.1 Å². The maximum atomic E-state index is 12.4. The van der Waals surface area contributed by atoms with E-state index in [4.69, 9.17) is 0 Å². The van der Waals surface area contributed by atoms with Crippen LogP contribution in [-0.4, -0.2) is 24.8 Å². The number of carbonyl (C=O) groups is 1. The molecule has 2 aromatic rings. The number of halogens is 1. The van der Waals surface area contributed by atoms with E-state index in [-0.39, 0.29) is 26.3 Å². The Morgan fingerprint density at radius 3 is 2.41 bits per heavy atom. The van der Waals surface area contributed by atoms with Crippen LogP contribution in [0.4, 0.5) is 11.4 Å². The lowest BCUT2D eigenvalue weighted by Crippen LogP contribution is -2.40. The number of sulfonamides is 1. The third kappa shape index (κ3) is 5.59. The first-order valence-electron chi connectivity index (χ1n) is 7.78. The molecule has 0 saturated heterocycles. The molecule has 0 bridgehead atoms. The van der Waals surface area contributed by atoms with Crippen LogP contribution in [0.25, 0.3) is 0 Å². The summed E-state index contributed by atoms with van der Waals surface area (Å²) in [5.74, 6) is -0.594. The number of hydrogen-bond donors (Lipinski definition) is 2. The summed E-state index contributed by atoms with van der Waals surface area (Å²) in [6, 6.07) is 9.72. The van der Waals surface area contributed by atoms with Crippen LogP contribution < -0.4 is 10.0 Å². The minimum Gasteiger partial charge on any atom is -0.322 e. The van der Waals surface area contributed by atoms with Gasteiger partial charge in [-0.1, -0.05) is 6.07 Å². The summed E-state index contributed by atoms with van der Waals surface area (Å²) in [4.78, 5) is 22.8. The largest absolute Gasteiger partial charge is 0.322 e. The Balaban J connectivity index is 2.28. The summed E-state index contributed by atoms with van der Waals surface area (Å²) in [5.41, 5.74) is -0.573. The molecule has 0 spiro atoms. The van der Waals surface area contributed by atoms with Gasteiger partial charge in [-0.15, -0.1) is 0 Å². The lowest BCUT2D eigenvalue weighted by molar-refractivity contribution is -0.385. The molecule has 0 aliphatic heterocycles. The van der Waals surface area contributed by atoms with Crippen molar-refractivity contribution in [1.29, 1.82) is 0 Å². The number of nitrogens with zero attached hydrogens (tertiary/aromatic N) is 1. The van der Waals surface area contributed by atoms with Gasteiger partial charge in [-0.3, -0.25) is 14.9 Å². The maximum absolute atomic E-state index is 12.4. The minimum atomic E-state index is -3.76. The summed E-state index contributed by atoms with van der Waals surface area (Å²) in [5, 5.41) is 13.5. The molecule has 0 unspecified atom stereocenters. The van der Waals surface area contributed by atoms with Crippen LogP contribution in [0.1, 0.15) is 31.1 Å². The van der Waals surface area contributed by atoms with Crippen molar-refractivity contribution in [3.05, 3.63) is 62.6 Å². The van der Waals surface area contributed by atoms with Gasteiger partial charge in [0.05, 0.1) is 14.3 Å². The zero-order chi connectivity index (χ0) is 20.4. The average Bonchev–Trinajstić information content (AvgIpc) is 2.53. The van der Waals surface area contributed by atoms with E-state index in [0.29, 0.717) is 0 Å². The number of hydrogen-bond acceptors (Lipinski definition) is 5. The molecule has 27 heavy (non-hydrogen) atoms. The van der Waals surface area contributed by atoms with Gasteiger partial charge in [0.25, 0.3) is 11.6 Å². The Hall–Kier alpha value is -2.30. The predicted octanol–water partition coefficient (Wildman–Crippen LogP) is 3.69. The molecular weight excluding hydrogens is 438 g/mol. The van der Waals surface area contributed by atoms with Gasteiger partial charge in [0.2, 0.25) is 10.0 Å². The van der Waals surface area contributed by atoms with Gasteiger partial charge >= 0.3 is 0 Å². The fourth-order valence-electron chi connectivity index (χ4n) is 2.20. The van der Waals surface area contributed by atoms with E-state index in [1.54, 1.807) is 20.8 Å². The number of amides is 1. The highest BCUT2D eigenvalue weighted by Gasteiger charge is 2.22. The standard InChI is InChI=1S/C17H18BrN3O5S/c1-17(2,3)20-27(25,26)13-6-4-5-12(10-13)19-16(22)11-7-8-14(18)15(9-11)21(23)24/h4-10,20H,1-3H3,(H,19,22). The van der Waals surface area contributed by atoms with Gasteiger partial charge < -0.3 is 5.32 Å². The van der Waals surface area contributed by atoms with Gasteiger partial charge in [-0.05, 0) is 67.0 Å². The zero-order valence-electron chi connectivity index (χ0n) is 14.8. The van der Waals surface area contributed by atoms with E-state index in [1.807, 2.05) is 0 Å². The molecule has 8 nitrogen and oxygen atoms in total. The predicted molar refractivity (Wildman–Crippen MR) is 105 cm³/mol. The monoisotopic (exact) mass is 455 g/mol. The summed E-state index contributed by atoms with van der Waals surface area (Å²) in [6.45, 7) is 5.16. The molecule has 0 saturated carbocycles. The SMILES string of the molecule is CC(C)(C)NS(=O)(=O)c1cccc(NC(=O)c2ccc(Br)c([N+](=O)[O-])c2)c1. The van der Waals surface area contributed by atoms with E-state index < -0.39 is 26.4 Å². The molecule has 0 aliphatic rings. The van der Waals surface area contributed by atoms with Gasteiger partial charge in [-0.2, -0.15) is 0 Å². The number of nitro groups is 1. The molecule has 2 aromatic carbocycles. The molecule has 0 heterocycles. The fraction of sp³-hybridized carbons (Fsp3) is 0.235. The normalized spacial score (nSPS) is 11.9. The van der Waals surface area contributed by atoms with Crippen LogP contribution >= 0.6 is 15.9 Å². The summed E-state index contributed by atoms with van der Waals surface area (Å²) >= 11 is 3.06. The molecule has 0 fully saturated rings. The minimum absolute atomic E-state index is 0.00277. The van der Waals surface area contributed by atoms with E-state index in [1.165, 1.54) is 36.4 Å². The molecule has 0 radical (unpaired) electrons. The third-order valence-corrected chi connectivity index (χ3v) is 5.67. The van der Waals surface area contributed by atoms with E-state index in [9.17, 15) is 23.3 Å². The maximum Gasteiger partial charge on any atom is 0.284 e. The molecule has 10 heteroatoms. The Morgan fingerprint density at radius 2 is 1.81 bits per heavy atom. The van der Waals surface area contributed by atoms with Crippen molar-refractivity contribution in [1.82, 2.24) is 4.72 Å². The number of benzene rings is 2. The Bertz CT molecular complexity index is 1000. The second-order valence-corrected chi connectivity index (χ2v) is 9.30. The van der Waals surface area contributed by atoms with Crippen LogP contribution in [-0.2, 0) is 10.0 Å². The topological polar surface area (TPSA) is 118 Å². The smallest absolute Gasteiger partial charge is 0.284 e. The molecule has 0 aliphatic carbocycles. The van der Waals surface area contributed by atoms with Crippen molar-refractivity contribution in [3.8, 4) is 0 Å². The molecule has 1 amide bonds. The average molecular weight is 456 g/mol. The van der Waals surface area contributed by atoms with E-state index in [0.717, 1.165) is 6.07 Å². The first-order chi connectivity index (χ1) is 12.4. The number of anilines is 1. The highest BCUT2D eigenvalue weighted by atomic mass is 79.9. The number of nitrogens with one attached hydrogen (secondary N) is 2. The molecular formula is C17H18BrN3O5S. The number of nitro benzene ring substituents is 1. The number of rotatable bonds is 5. The van der Waals surface area contributed by atoms with Crippen LogP contribution in [0.15, 0.2) is 51.8 Å². The summed E-state index contributed by atoms with van der Waals surface area (Å²) in [7, 11) is -3.76. The lowest BCUT2D eigenvalue weighted by Gasteiger charge is -2.20. The Morgan fingerprint density at radius 1 is 1.15 bits per heavy atom. The first kappa shape index (κ1) is 21.0. The van der Waals surface area contributed by atoms with Gasteiger partial charge in [0, 0.05) is 22.9 Å². The zero-order valence-corrected chi connectivity index (χ0v) is 17.2. The molecule has 0 atom stereocenters. The fourth-order valence-corrected chi connectivity index (χ4v) is 4.06. The van der Waals surface area contributed by atoms with Crippen LogP contribution in [0.5, 0.6) is 0 Å². The summed E-state index contributed by atoms with van der Waals surface area (Å²) in [6.07, 6.45) is 0. The van der Waals surface area contributed by atoms with Crippen molar-refractivity contribution in [2.75, 3.05) is 5.32 Å². The Labute approximate surface area is 165 Å². The highest BCUT2D eigenvalue weighted by molar-refractivity contribution is 9.10. The molecule has 0 aromatic heterocycles. The lowest BCUT2D eigenvalue weighted by atomic mass is 10.1. The first-order valence-corrected chi connectivity index (χ1v) is 10.1. The highest BCUT2D eigenvalue weighted by Crippen LogP contribution is 2.26. The van der Waals surface area contributed by atoms with Crippen molar-refractivity contribution in [3.63, 3.8) is 0 Å². The summed E-state index contributed by atoms with van der Waals surface area (Å²) < 4.78 is 27.6. The second kappa shape index (κ2) is 7.75. The number of carbonyl (C=O) groups excluding carboxylic acids is 1. The van der Waals surface area contributed by atoms with Crippen LogP contribution in [0.3, 0.4) is 0 Å². The van der Waals surface area contributed by atoms with Gasteiger partial charge in [0.15, 0.2) is 0 Å². The van der Waals surface area contributed by atoms with Crippen molar-refractivity contribution in [2.45, 2.75) is 31.2 Å². The van der Waals surface area contributed by atoms with Crippen molar-refractivity contribution < 1.29 is 18.1 Å². The van der Waals surface area contributed by atoms with E-state index >= 15 is 0 Å². The van der Waals surface area contributed by atoms with Gasteiger partial charge in [0.1, 0.15) is 0 Å². The van der Waals surface area contributed by atoms with E-state index in [2.05, 4.69) is 26.0 Å². The second-order valence-electron chi connectivity index (χ2n) is 6.76. The van der Waals surface area contributed by atoms with Crippen molar-refractivity contribution in [2.24, 2.45) is 0 Å². The van der Waals surface area contributed by atoms with Crippen molar-refractivity contribution >= 4 is 43.2 Å². The molecule has 2 rings (SSSR count). The molecule has 2 N–H and O–H groups in total. The van der Waals surface area contributed by atoms with Gasteiger partial charge in [-0.25, -0.2) is 13.1 Å². The third-order valence-electron chi connectivity index (χ3n) is 3.25.